The minimum absolute atomic E-state index is 0.0959. The zero-order chi connectivity index (χ0) is 13.8. The molecule has 2 N–H and O–H groups in total. The lowest BCUT2D eigenvalue weighted by Crippen LogP contribution is -2.25. The Morgan fingerprint density at radius 3 is 2.22 bits per heavy atom. The Balaban J connectivity index is 2.76. The van der Waals surface area contributed by atoms with Gasteiger partial charge >= 0.3 is 0 Å². The van der Waals surface area contributed by atoms with E-state index in [0.717, 1.165) is 26.1 Å². The van der Waals surface area contributed by atoms with E-state index in [1.807, 2.05) is 0 Å². The predicted octanol–water partition coefficient (Wildman–Crippen LogP) is 2.78. The second-order valence-electron chi connectivity index (χ2n) is 5.61. The summed E-state index contributed by atoms with van der Waals surface area (Å²) in [4.78, 5) is 8.48. The van der Waals surface area contributed by atoms with Crippen molar-refractivity contribution < 1.29 is 0 Å². The van der Waals surface area contributed by atoms with Crippen LogP contribution in [-0.4, -0.2) is 29.5 Å². The maximum atomic E-state index is 5.83. The topological polar surface area (TPSA) is 42.2 Å². The fraction of sp³-hybridized carbons (Fsp3) is 0.786. The molecule has 1 aromatic rings. The Morgan fingerprint density at radius 1 is 1.22 bits per heavy atom. The molecule has 0 aromatic carbocycles. The Labute approximate surface area is 115 Å². The molecule has 0 aliphatic rings. The highest BCUT2D eigenvalue weighted by Gasteiger charge is 2.22. The van der Waals surface area contributed by atoms with Crippen LogP contribution in [0.4, 0.5) is 0 Å². The molecule has 4 heteroatoms. The molecular weight excluding hydrogens is 242 g/mol. The van der Waals surface area contributed by atoms with Crippen LogP contribution in [0.2, 0.25) is 0 Å². The summed E-state index contributed by atoms with van der Waals surface area (Å²) in [5.74, 6) is 0. The summed E-state index contributed by atoms with van der Waals surface area (Å²) in [5, 5.41) is 1.23. The van der Waals surface area contributed by atoms with Crippen LogP contribution in [0.3, 0.4) is 0 Å². The van der Waals surface area contributed by atoms with Crippen molar-refractivity contribution in [1.82, 2.24) is 9.88 Å². The quantitative estimate of drug-likeness (QED) is 0.863. The lowest BCUT2D eigenvalue weighted by Gasteiger charge is -2.17. The van der Waals surface area contributed by atoms with E-state index in [-0.39, 0.29) is 5.41 Å². The summed E-state index contributed by atoms with van der Waals surface area (Å²) in [6.45, 7) is 14.9. The molecule has 1 rings (SSSR count). The van der Waals surface area contributed by atoms with Crippen LogP contribution >= 0.6 is 11.3 Å². The second kappa shape index (κ2) is 6.64. The number of nitrogens with zero attached hydrogens (tertiary/aromatic N) is 2. The van der Waals surface area contributed by atoms with Gasteiger partial charge in [-0.05, 0) is 13.1 Å². The second-order valence-corrected chi connectivity index (χ2v) is 6.78. The molecule has 0 bridgehead atoms. The van der Waals surface area contributed by atoms with Crippen LogP contribution in [0, 0.1) is 0 Å². The monoisotopic (exact) mass is 269 g/mol. The first kappa shape index (κ1) is 15.6. The normalized spacial score (nSPS) is 12.4. The molecule has 1 aromatic heterocycles. The van der Waals surface area contributed by atoms with Crippen molar-refractivity contribution in [2.24, 2.45) is 5.73 Å². The highest BCUT2D eigenvalue weighted by molar-refractivity contribution is 7.11. The molecule has 18 heavy (non-hydrogen) atoms. The molecule has 3 nitrogen and oxygen atoms in total. The van der Waals surface area contributed by atoms with Crippen LogP contribution in [0.15, 0.2) is 0 Å². The number of likely N-dealkylation sites (N-methyl/N-ethyl adjacent to an activating group) is 1. The minimum Gasteiger partial charge on any atom is -0.326 e. The number of thiazole rings is 1. The zero-order valence-corrected chi connectivity index (χ0v) is 13.2. The fourth-order valence-corrected chi connectivity index (χ4v) is 3.17. The molecule has 0 amide bonds. The summed E-state index contributed by atoms with van der Waals surface area (Å²) in [7, 11) is 0. The maximum Gasteiger partial charge on any atom is 0.0944 e. The molecule has 0 fully saturated rings. The van der Waals surface area contributed by atoms with Gasteiger partial charge in [0.25, 0.3) is 0 Å². The van der Waals surface area contributed by atoms with Crippen molar-refractivity contribution in [3.63, 3.8) is 0 Å². The number of aromatic nitrogens is 1. The van der Waals surface area contributed by atoms with Crippen molar-refractivity contribution in [1.29, 1.82) is 0 Å². The third-order valence-corrected chi connectivity index (χ3v) is 4.31. The van der Waals surface area contributed by atoms with E-state index in [0.29, 0.717) is 6.54 Å². The Hall–Kier alpha value is -0.450. The van der Waals surface area contributed by atoms with Gasteiger partial charge in [0.2, 0.25) is 0 Å². The van der Waals surface area contributed by atoms with E-state index in [9.17, 15) is 0 Å². The Kier molecular flexibility index (Phi) is 5.76. The largest absolute Gasteiger partial charge is 0.326 e. The first-order valence-electron chi connectivity index (χ1n) is 6.83. The third-order valence-electron chi connectivity index (χ3n) is 3.17. The van der Waals surface area contributed by atoms with Crippen molar-refractivity contribution in [2.75, 3.05) is 19.6 Å². The number of hydrogen-bond acceptors (Lipinski definition) is 4. The molecule has 0 saturated carbocycles. The summed E-state index contributed by atoms with van der Waals surface area (Å²) >= 11 is 1.79. The van der Waals surface area contributed by atoms with E-state index in [1.165, 1.54) is 15.6 Å². The summed E-state index contributed by atoms with van der Waals surface area (Å²) in [5.41, 5.74) is 7.11. The van der Waals surface area contributed by atoms with Crippen LogP contribution in [0.5, 0.6) is 0 Å². The fourth-order valence-electron chi connectivity index (χ4n) is 2.03. The average molecular weight is 269 g/mol. The molecule has 0 unspecified atom stereocenters. The standard InChI is InChI=1S/C14H27N3S/c1-6-17(7-2)9-8-12-16-13(14(3,4)5)11(10-15)18-12/h6-10,15H2,1-5H3. The van der Waals surface area contributed by atoms with Crippen molar-refractivity contribution >= 4 is 11.3 Å². The first-order valence-corrected chi connectivity index (χ1v) is 7.65. The first-order chi connectivity index (χ1) is 8.42. The average Bonchev–Trinajstić information content (AvgIpc) is 2.73. The van der Waals surface area contributed by atoms with E-state index in [4.69, 9.17) is 10.7 Å². The molecule has 0 aliphatic carbocycles. The lowest BCUT2D eigenvalue weighted by molar-refractivity contribution is 0.307. The number of nitrogens with two attached hydrogens (primary N) is 1. The van der Waals surface area contributed by atoms with Gasteiger partial charge in [-0.2, -0.15) is 0 Å². The van der Waals surface area contributed by atoms with Gasteiger partial charge in [-0.3, -0.25) is 0 Å². The maximum absolute atomic E-state index is 5.83. The number of rotatable bonds is 6. The van der Waals surface area contributed by atoms with Gasteiger partial charge < -0.3 is 10.6 Å². The molecule has 0 spiro atoms. The Bertz CT molecular complexity index is 362. The van der Waals surface area contributed by atoms with Crippen LogP contribution < -0.4 is 5.73 Å². The van der Waals surface area contributed by atoms with Gasteiger partial charge in [-0.25, -0.2) is 4.98 Å². The van der Waals surface area contributed by atoms with Crippen LogP contribution in [-0.2, 0) is 18.4 Å². The van der Waals surface area contributed by atoms with Gasteiger partial charge in [0.1, 0.15) is 0 Å². The molecule has 0 radical (unpaired) electrons. The Morgan fingerprint density at radius 2 is 1.83 bits per heavy atom. The van der Waals surface area contributed by atoms with Crippen LogP contribution in [0.1, 0.15) is 50.2 Å². The van der Waals surface area contributed by atoms with E-state index in [2.05, 4.69) is 39.5 Å². The summed E-state index contributed by atoms with van der Waals surface area (Å²) in [6, 6.07) is 0. The van der Waals surface area contributed by atoms with Crippen LogP contribution in [0.25, 0.3) is 0 Å². The lowest BCUT2D eigenvalue weighted by atomic mass is 9.91. The highest BCUT2D eigenvalue weighted by Crippen LogP contribution is 2.29. The molecular formula is C14H27N3S. The number of hydrogen-bond donors (Lipinski definition) is 1. The van der Waals surface area contributed by atoms with E-state index in [1.54, 1.807) is 11.3 Å². The van der Waals surface area contributed by atoms with Gasteiger partial charge in [0.15, 0.2) is 0 Å². The van der Waals surface area contributed by atoms with Gasteiger partial charge in [-0.1, -0.05) is 34.6 Å². The van der Waals surface area contributed by atoms with Gasteiger partial charge in [0, 0.05) is 29.8 Å². The molecule has 0 aliphatic heterocycles. The molecule has 0 atom stereocenters. The highest BCUT2D eigenvalue weighted by atomic mass is 32.1. The van der Waals surface area contributed by atoms with Gasteiger partial charge in [0.05, 0.1) is 10.7 Å². The van der Waals surface area contributed by atoms with Crippen molar-refractivity contribution in [3.05, 3.63) is 15.6 Å². The molecule has 0 saturated heterocycles. The summed E-state index contributed by atoms with van der Waals surface area (Å²) in [6.07, 6.45) is 1.04. The molecule has 104 valence electrons. The van der Waals surface area contributed by atoms with Crippen molar-refractivity contribution in [3.8, 4) is 0 Å². The summed E-state index contributed by atoms with van der Waals surface area (Å²) < 4.78 is 0. The predicted molar refractivity (Wildman–Crippen MR) is 80.2 cm³/mol. The van der Waals surface area contributed by atoms with E-state index < -0.39 is 0 Å². The minimum atomic E-state index is 0.0959. The third kappa shape index (κ3) is 4.04. The van der Waals surface area contributed by atoms with Gasteiger partial charge in [-0.15, -0.1) is 11.3 Å². The zero-order valence-electron chi connectivity index (χ0n) is 12.4. The van der Waals surface area contributed by atoms with E-state index >= 15 is 0 Å². The SMILES string of the molecule is CCN(CC)CCc1nc(C(C)(C)C)c(CN)s1. The molecule has 1 heterocycles. The smallest absolute Gasteiger partial charge is 0.0944 e. The van der Waals surface area contributed by atoms with Crippen molar-refractivity contribution in [2.45, 2.75) is 53.0 Å².